The summed E-state index contributed by atoms with van der Waals surface area (Å²) in [7, 11) is 3.68. The number of nitro groups is 1. The standard InChI is InChI=1S/C15H15N3O3/c1-17(2)9-8-12-10-15(16-11-14(12)18(19)20)21-13-6-4-3-5-7-13/h3-11H,1-2H3/b9-8+. The van der Waals surface area contributed by atoms with Crippen LogP contribution < -0.4 is 4.74 Å². The van der Waals surface area contributed by atoms with Gasteiger partial charge in [0.05, 0.1) is 10.5 Å². The highest BCUT2D eigenvalue weighted by atomic mass is 16.6. The molecule has 0 spiro atoms. The fourth-order valence-corrected chi connectivity index (χ4v) is 1.62. The van der Waals surface area contributed by atoms with Crippen LogP contribution in [-0.2, 0) is 0 Å². The van der Waals surface area contributed by atoms with Gasteiger partial charge in [-0.1, -0.05) is 18.2 Å². The topological polar surface area (TPSA) is 68.5 Å². The molecule has 108 valence electrons. The number of aromatic nitrogens is 1. The summed E-state index contributed by atoms with van der Waals surface area (Å²) in [6.45, 7) is 0. The second-order valence-corrected chi connectivity index (χ2v) is 4.53. The summed E-state index contributed by atoms with van der Waals surface area (Å²) in [5.41, 5.74) is 0.378. The van der Waals surface area contributed by atoms with E-state index in [4.69, 9.17) is 4.74 Å². The van der Waals surface area contributed by atoms with Gasteiger partial charge < -0.3 is 9.64 Å². The molecule has 0 aliphatic rings. The minimum Gasteiger partial charge on any atom is -0.439 e. The van der Waals surface area contributed by atoms with E-state index < -0.39 is 4.92 Å². The number of benzene rings is 1. The number of hydrogen-bond acceptors (Lipinski definition) is 5. The third kappa shape index (κ3) is 4.04. The van der Waals surface area contributed by atoms with Gasteiger partial charge in [-0.25, -0.2) is 4.98 Å². The molecule has 0 unspecified atom stereocenters. The van der Waals surface area contributed by atoms with Crippen LogP contribution in [0.2, 0.25) is 0 Å². The molecule has 0 amide bonds. The van der Waals surface area contributed by atoms with E-state index in [-0.39, 0.29) is 5.69 Å². The lowest BCUT2D eigenvalue weighted by Gasteiger charge is -2.07. The van der Waals surface area contributed by atoms with Crippen LogP contribution >= 0.6 is 0 Å². The predicted molar refractivity (Wildman–Crippen MR) is 80.1 cm³/mol. The van der Waals surface area contributed by atoms with Gasteiger partial charge >= 0.3 is 0 Å². The van der Waals surface area contributed by atoms with Crippen LogP contribution in [0, 0.1) is 10.1 Å². The van der Waals surface area contributed by atoms with Crippen molar-refractivity contribution in [1.29, 1.82) is 0 Å². The van der Waals surface area contributed by atoms with Gasteiger partial charge in [0.2, 0.25) is 5.88 Å². The number of hydrogen-bond donors (Lipinski definition) is 0. The summed E-state index contributed by atoms with van der Waals surface area (Å²) >= 11 is 0. The van der Waals surface area contributed by atoms with Gasteiger partial charge in [0.25, 0.3) is 5.69 Å². The molecule has 1 heterocycles. The lowest BCUT2D eigenvalue weighted by molar-refractivity contribution is -0.385. The van der Waals surface area contributed by atoms with Crippen LogP contribution in [-0.4, -0.2) is 28.9 Å². The third-order valence-corrected chi connectivity index (χ3v) is 2.60. The van der Waals surface area contributed by atoms with Crippen LogP contribution in [0.5, 0.6) is 11.6 Å². The number of para-hydroxylation sites is 1. The average Bonchev–Trinajstić information content (AvgIpc) is 2.46. The van der Waals surface area contributed by atoms with Crippen molar-refractivity contribution < 1.29 is 9.66 Å². The molecule has 0 N–H and O–H groups in total. The second kappa shape index (κ2) is 6.51. The van der Waals surface area contributed by atoms with Crippen molar-refractivity contribution in [1.82, 2.24) is 9.88 Å². The van der Waals surface area contributed by atoms with E-state index in [0.717, 1.165) is 0 Å². The zero-order valence-corrected chi connectivity index (χ0v) is 11.8. The maximum Gasteiger partial charge on any atom is 0.295 e. The first-order valence-electron chi connectivity index (χ1n) is 6.28. The quantitative estimate of drug-likeness (QED) is 0.622. The zero-order valence-electron chi connectivity index (χ0n) is 11.8. The van der Waals surface area contributed by atoms with Gasteiger partial charge in [-0.2, -0.15) is 0 Å². The highest BCUT2D eigenvalue weighted by Crippen LogP contribution is 2.26. The largest absolute Gasteiger partial charge is 0.439 e. The molecule has 6 heteroatoms. The third-order valence-electron chi connectivity index (χ3n) is 2.60. The summed E-state index contributed by atoms with van der Waals surface area (Å²) in [5.74, 6) is 0.937. The average molecular weight is 285 g/mol. The molecule has 1 aromatic carbocycles. The fourth-order valence-electron chi connectivity index (χ4n) is 1.62. The normalized spacial score (nSPS) is 10.6. The van der Waals surface area contributed by atoms with Gasteiger partial charge in [0, 0.05) is 20.2 Å². The Morgan fingerprint density at radius 2 is 2.00 bits per heavy atom. The number of nitrogens with zero attached hydrogens (tertiary/aromatic N) is 3. The Morgan fingerprint density at radius 3 is 2.62 bits per heavy atom. The molecule has 6 nitrogen and oxygen atoms in total. The van der Waals surface area contributed by atoms with E-state index in [0.29, 0.717) is 17.2 Å². The Labute approximate surface area is 122 Å². The zero-order chi connectivity index (χ0) is 15.2. The van der Waals surface area contributed by atoms with E-state index in [9.17, 15) is 10.1 Å². The van der Waals surface area contributed by atoms with Crippen LogP contribution in [0.1, 0.15) is 5.56 Å². The van der Waals surface area contributed by atoms with Crippen molar-refractivity contribution in [3.05, 3.63) is 64.5 Å². The first-order valence-corrected chi connectivity index (χ1v) is 6.28. The number of ether oxygens (including phenoxy) is 1. The van der Waals surface area contributed by atoms with Crippen molar-refractivity contribution in [3.63, 3.8) is 0 Å². The molecule has 0 aliphatic carbocycles. The summed E-state index contributed by atoms with van der Waals surface area (Å²) in [6.07, 6.45) is 4.58. The van der Waals surface area contributed by atoms with Crippen LogP contribution in [0.15, 0.2) is 48.8 Å². The van der Waals surface area contributed by atoms with E-state index in [1.807, 2.05) is 32.3 Å². The van der Waals surface area contributed by atoms with Gasteiger partial charge in [0.1, 0.15) is 11.9 Å². The van der Waals surface area contributed by atoms with Crippen LogP contribution in [0.3, 0.4) is 0 Å². The number of pyridine rings is 1. The van der Waals surface area contributed by atoms with Gasteiger partial charge in [-0.3, -0.25) is 10.1 Å². The molecule has 0 fully saturated rings. The molecule has 2 aromatic rings. The molecule has 0 bridgehead atoms. The molecule has 0 saturated heterocycles. The highest BCUT2D eigenvalue weighted by Gasteiger charge is 2.14. The molecule has 2 rings (SSSR count). The van der Waals surface area contributed by atoms with E-state index in [2.05, 4.69) is 4.98 Å². The van der Waals surface area contributed by atoms with Crippen molar-refractivity contribution in [3.8, 4) is 11.6 Å². The summed E-state index contributed by atoms with van der Waals surface area (Å²) in [6, 6.07) is 10.7. The maximum absolute atomic E-state index is 11.0. The molecular weight excluding hydrogens is 270 g/mol. The van der Waals surface area contributed by atoms with Crippen molar-refractivity contribution in [2.75, 3.05) is 14.1 Å². The lowest BCUT2D eigenvalue weighted by atomic mass is 10.2. The maximum atomic E-state index is 11.0. The van der Waals surface area contributed by atoms with E-state index in [1.165, 1.54) is 6.20 Å². The molecule has 0 atom stereocenters. The SMILES string of the molecule is CN(C)/C=C/c1cc(Oc2ccccc2)ncc1[N+](=O)[O-]. The fraction of sp³-hybridized carbons (Fsp3) is 0.133. The van der Waals surface area contributed by atoms with Crippen LogP contribution in [0.25, 0.3) is 6.08 Å². The van der Waals surface area contributed by atoms with Crippen molar-refractivity contribution in [2.24, 2.45) is 0 Å². The Kier molecular flexibility index (Phi) is 4.50. The minimum absolute atomic E-state index is 0.0616. The molecule has 1 aromatic heterocycles. The van der Waals surface area contributed by atoms with Crippen molar-refractivity contribution in [2.45, 2.75) is 0 Å². The molecule has 0 aliphatic heterocycles. The summed E-state index contributed by atoms with van der Waals surface area (Å²) in [4.78, 5) is 16.3. The molecule has 0 saturated carbocycles. The number of rotatable bonds is 5. The smallest absolute Gasteiger partial charge is 0.295 e. The first kappa shape index (κ1) is 14.5. The van der Waals surface area contributed by atoms with E-state index in [1.54, 1.807) is 35.4 Å². The highest BCUT2D eigenvalue weighted by molar-refractivity contribution is 5.61. The lowest BCUT2D eigenvalue weighted by Crippen LogP contribution is -2.01. The van der Waals surface area contributed by atoms with E-state index >= 15 is 0 Å². The minimum atomic E-state index is -0.464. The summed E-state index contributed by atoms with van der Waals surface area (Å²) < 4.78 is 5.58. The first-order chi connectivity index (χ1) is 10.1. The van der Waals surface area contributed by atoms with Gasteiger partial charge in [0.15, 0.2) is 0 Å². The second-order valence-electron chi connectivity index (χ2n) is 4.53. The Hall–Kier alpha value is -2.89. The van der Waals surface area contributed by atoms with Gasteiger partial charge in [-0.05, 0) is 24.4 Å². The van der Waals surface area contributed by atoms with Gasteiger partial charge in [-0.15, -0.1) is 0 Å². The molecule has 0 radical (unpaired) electrons. The Morgan fingerprint density at radius 1 is 1.29 bits per heavy atom. The van der Waals surface area contributed by atoms with Crippen LogP contribution in [0.4, 0.5) is 5.69 Å². The Bertz CT molecular complexity index is 654. The summed E-state index contributed by atoms with van der Waals surface area (Å²) in [5, 5.41) is 11.0. The molecular formula is C15H15N3O3. The monoisotopic (exact) mass is 285 g/mol. The predicted octanol–water partition coefficient (Wildman–Crippen LogP) is 3.31. The Balaban J connectivity index is 2.32. The van der Waals surface area contributed by atoms with Crippen molar-refractivity contribution >= 4 is 11.8 Å². The molecule has 21 heavy (non-hydrogen) atoms.